The van der Waals surface area contributed by atoms with Crippen LogP contribution in [0.1, 0.15) is 24.2 Å². The molecule has 1 heterocycles. The number of carbonyl (C=O) groups is 1. The van der Waals surface area contributed by atoms with Crippen molar-refractivity contribution in [1.29, 1.82) is 0 Å². The van der Waals surface area contributed by atoms with E-state index < -0.39 is 16.0 Å². The molecule has 0 atom stereocenters. The second-order valence-electron chi connectivity index (χ2n) is 11.4. The Morgan fingerprint density at radius 2 is 1.59 bits per heavy atom. The van der Waals surface area contributed by atoms with Gasteiger partial charge in [0.2, 0.25) is 17.8 Å². The summed E-state index contributed by atoms with van der Waals surface area (Å²) in [7, 11) is -4.45. The van der Waals surface area contributed by atoms with Gasteiger partial charge in [-0.05, 0) is 61.7 Å². The highest BCUT2D eigenvalue weighted by molar-refractivity contribution is 7.85. The predicted molar refractivity (Wildman–Crippen MR) is 206 cm³/mol. The SMILES string of the molecule is C/C(N=Nc1c(O)c(C(=O)Nc2ccccc2)cc2ccccc12)=C(Cl)\C=C(/C)Nc1nc(NCCOCCO)nc(Nc2cccc(S(=O)(=O)O)c2)n1. The lowest BCUT2D eigenvalue weighted by Gasteiger charge is -2.12. The van der Waals surface area contributed by atoms with Crippen LogP contribution in [0, 0.1) is 0 Å². The van der Waals surface area contributed by atoms with E-state index in [0.29, 0.717) is 28.7 Å². The zero-order valence-electron chi connectivity index (χ0n) is 29.0. The molecule has 18 heteroatoms. The molecule has 54 heavy (non-hydrogen) atoms. The highest BCUT2D eigenvalue weighted by Crippen LogP contribution is 2.39. The number of aromatic hydroxyl groups is 1. The maximum absolute atomic E-state index is 13.2. The number of nitrogens with zero attached hydrogens (tertiary/aromatic N) is 5. The molecule has 0 bridgehead atoms. The number of aliphatic hydroxyl groups is 1. The Morgan fingerprint density at radius 1 is 0.889 bits per heavy atom. The molecular formula is C36H36ClN9O7S. The van der Waals surface area contributed by atoms with Gasteiger partial charge < -0.3 is 36.2 Å². The fraction of sp³-hybridized carbons (Fsp3) is 0.167. The van der Waals surface area contributed by atoms with Crippen LogP contribution in [0.3, 0.4) is 0 Å². The summed E-state index contributed by atoms with van der Waals surface area (Å²) in [6, 6.07) is 23.0. The first-order valence-corrected chi connectivity index (χ1v) is 18.1. The second-order valence-corrected chi connectivity index (χ2v) is 13.3. The number of hydrogen-bond acceptors (Lipinski definition) is 14. The Labute approximate surface area is 315 Å². The van der Waals surface area contributed by atoms with Gasteiger partial charge in [-0.2, -0.15) is 28.5 Å². The first kappa shape index (κ1) is 39.2. The Morgan fingerprint density at radius 3 is 2.35 bits per heavy atom. The standard InChI is InChI=1S/C36H36ClN9O7S/c1-22(39-35-42-34(38-15-17-53-18-16-47)43-36(44-35)41-26-12-8-13-27(21-26)54(50,51)52)19-30(37)23(2)45-46-31-28-14-7-6-9-24(28)20-29(32(31)48)33(49)40-25-10-4-3-5-11-25/h3-14,19-21,47-48H,15-18H2,1-2H3,(H,40,49)(H,50,51,52)(H3,38,39,41,42,43,44)/b22-19+,30-23-,46-45?. The predicted octanol–water partition coefficient (Wildman–Crippen LogP) is 6.96. The summed E-state index contributed by atoms with van der Waals surface area (Å²) in [6.07, 6.45) is 1.56. The summed E-state index contributed by atoms with van der Waals surface area (Å²) in [4.78, 5) is 25.9. The molecule has 0 fully saturated rings. The third kappa shape index (κ3) is 10.8. The van der Waals surface area contributed by atoms with Gasteiger partial charge in [-0.1, -0.05) is 60.1 Å². The molecule has 16 nitrogen and oxygen atoms in total. The third-order valence-corrected chi connectivity index (χ3v) is 8.59. The monoisotopic (exact) mass is 773 g/mol. The van der Waals surface area contributed by atoms with Crippen molar-refractivity contribution in [3.8, 4) is 5.75 Å². The van der Waals surface area contributed by atoms with Crippen LogP contribution in [-0.2, 0) is 14.9 Å². The summed E-state index contributed by atoms with van der Waals surface area (Å²) >= 11 is 6.62. The number of aliphatic hydroxyl groups excluding tert-OH is 1. The number of hydrogen-bond donors (Lipinski definition) is 7. The van der Waals surface area contributed by atoms with Crippen LogP contribution >= 0.6 is 11.6 Å². The van der Waals surface area contributed by atoms with Crippen LogP contribution in [0.25, 0.3) is 10.8 Å². The number of phenols is 1. The number of halogens is 1. The van der Waals surface area contributed by atoms with Gasteiger partial charge in [0, 0.05) is 29.0 Å². The minimum Gasteiger partial charge on any atom is -0.505 e. The van der Waals surface area contributed by atoms with Crippen LogP contribution in [0.2, 0.25) is 0 Å². The molecule has 5 aromatic rings. The van der Waals surface area contributed by atoms with E-state index in [4.69, 9.17) is 21.4 Å². The molecular weight excluding hydrogens is 738 g/mol. The number of phenolic OH excluding ortho intramolecular Hbond substituents is 1. The van der Waals surface area contributed by atoms with Crippen molar-refractivity contribution in [3.05, 3.63) is 113 Å². The normalized spacial score (nSPS) is 12.4. The van der Waals surface area contributed by atoms with Crippen molar-refractivity contribution in [1.82, 2.24) is 15.0 Å². The van der Waals surface area contributed by atoms with E-state index in [2.05, 4.69) is 46.4 Å². The first-order chi connectivity index (χ1) is 25.9. The zero-order valence-corrected chi connectivity index (χ0v) is 30.6. The lowest BCUT2D eigenvalue weighted by Crippen LogP contribution is -2.15. The molecule has 0 aliphatic rings. The van der Waals surface area contributed by atoms with Gasteiger partial charge in [0.1, 0.15) is 5.69 Å². The average molecular weight is 774 g/mol. The summed E-state index contributed by atoms with van der Waals surface area (Å²) in [5.41, 5.74) is 1.70. The average Bonchev–Trinajstić information content (AvgIpc) is 3.14. The smallest absolute Gasteiger partial charge is 0.294 e. The minimum absolute atomic E-state index is 0.0167. The van der Waals surface area contributed by atoms with Gasteiger partial charge in [0.05, 0.1) is 41.0 Å². The maximum Gasteiger partial charge on any atom is 0.294 e. The number of ether oxygens (including phenoxy) is 1. The number of rotatable bonds is 16. The number of para-hydroxylation sites is 1. The van der Waals surface area contributed by atoms with E-state index in [1.54, 1.807) is 80.6 Å². The van der Waals surface area contributed by atoms with E-state index >= 15 is 0 Å². The van der Waals surface area contributed by atoms with E-state index in [9.17, 15) is 22.9 Å². The van der Waals surface area contributed by atoms with Crippen molar-refractivity contribution >= 4 is 73.3 Å². The topological polar surface area (TPSA) is 233 Å². The van der Waals surface area contributed by atoms with Gasteiger partial charge in [-0.3, -0.25) is 9.35 Å². The molecule has 0 aliphatic heterocycles. The van der Waals surface area contributed by atoms with E-state index in [-0.39, 0.29) is 76.0 Å². The highest BCUT2D eigenvalue weighted by Gasteiger charge is 2.19. The Kier molecular flexibility index (Phi) is 13.2. The van der Waals surface area contributed by atoms with Gasteiger partial charge in [0.15, 0.2) is 5.75 Å². The van der Waals surface area contributed by atoms with Crippen LogP contribution in [-0.4, -0.2) is 70.4 Å². The zero-order chi connectivity index (χ0) is 38.7. The van der Waals surface area contributed by atoms with Crippen molar-refractivity contribution in [3.63, 3.8) is 0 Å². The fourth-order valence-electron chi connectivity index (χ4n) is 4.82. The number of nitrogens with one attached hydrogen (secondary N) is 4. The van der Waals surface area contributed by atoms with Crippen LogP contribution in [0.4, 0.5) is 34.9 Å². The molecule has 1 aromatic heterocycles. The summed E-state index contributed by atoms with van der Waals surface area (Å²) in [6.45, 7) is 3.90. The lowest BCUT2D eigenvalue weighted by atomic mass is 10.0. The number of amides is 1. The fourth-order valence-corrected chi connectivity index (χ4v) is 5.55. The maximum atomic E-state index is 13.2. The molecule has 5 rings (SSSR count). The van der Waals surface area contributed by atoms with Crippen molar-refractivity contribution in [2.24, 2.45) is 10.2 Å². The van der Waals surface area contributed by atoms with Crippen molar-refractivity contribution in [2.45, 2.75) is 18.7 Å². The molecule has 4 aromatic carbocycles. The number of anilines is 5. The van der Waals surface area contributed by atoms with Crippen LogP contribution < -0.4 is 21.3 Å². The van der Waals surface area contributed by atoms with Crippen LogP contribution in [0.15, 0.2) is 123 Å². The molecule has 0 unspecified atom stereocenters. The highest BCUT2D eigenvalue weighted by atomic mass is 35.5. The Bertz CT molecular complexity index is 2340. The Balaban J connectivity index is 1.39. The Hall–Kier alpha value is -5.98. The van der Waals surface area contributed by atoms with Gasteiger partial charge >= 0.3 is 0 Å². The van der Waals surface area contributed by atoms with Crippen LogP contribution in [0.5, 0.6) is 5.75 Å². The molecule has 0 saturated heterocycles. The minimum atomic E-state index is -4.45. The molecule has 0 radical (unpaired) electrons. The van der Waals surface area contributed by atoms with E-state index in [0.717, 1.165) is 0 Å². The van der Waals surface area contributed by atoms with E-state index in [1.807, 2.05) is 6.07 Å². The lowest BCUT2D eigenvalue weighted by molar-refractivity contribution is 0.0991. The summed E-state index contributed by atoms with van der Waals surface area (Å²) < 4.78 is 38.0. The van der Waals surface area contributed by atoms with Crippen molar-refractivity contribution in [2.75, 3.05) is 47.6 Å². The molecule has 0 saturated carbocycles. The van der Waals surface area contributed by atoms with E-state index in [1.165, 1.54) is 18.2 Å². The molecule has 0 aliphatic carbocycles. The third-order valence-electron chi connectivity index (χ3n) is 7.36. The largest absolute Gasteiger partial charge is 0.505 e. The number of allylic oxidation sites excluding steroid dienone is 4. The number of azo groups is 1. The van der Waals surface area contributed by atoms with Crippen molar-refractivity contribution < 1.29 is 32.7 Å². The number of benzene rings is 4. The number of aromatic nitrogens is 3. The first-order valence-electron chi connectivity index (χ1n) is 16.3. The summed E-state index contributed by atoms with van der Waals surface area (Å²) in [5.74, 6) is -0.620. The molecule has 0 spiro atoms. The quantitative estimate of drug-likeness (QED) is 0.0233. The van der Waals surface area contributed by atoms with Gasteiger partial charge in [-0.15, -0.1) is 5.11 Å². The molecule has 1 amide bonds. The second kappa shape index (κ2) is 18.2. The molecule has 280 valence electrons. The molecule has 7 N–H and O–H groups in total. The number of carbonyl (C=O) groups excluding carboxylic acids is 1. The summed E-state index contributed by atoms with van der Waals surface area (Å²) in [5, 5.41) is 41.8. The van der Waals surface area contributed by atoms with Gasteiger partial charge in [0.25, 0.3) is 16.0 Å². The number of fused-ring (bicyclic) bond motifs is 1. The van der Waals surface area contributed by atoms with Gasteiger partial charge in [-0.25, -0.2) is 0 Å².